The minimum absolute atomic E-state index is 0.322. The maximum Gasteiger partial charge on any atom is 0.123 e. The van der Waals surface area contributed by atoms with Gasteiger partial charge in [-0.1, -0.05) is 12.1 Å². The highest BCUT2D eigenvalue weighted by atomic mass is 32.1. The first-order valence-electron chi connectivity index (χ1n) is 7.48. The van der Waals surface area contributed by atoms with Crippen molar-refractivity contribution in [3.8, 4) is 5.75 Å². The summed E-state index contributed by atoms with van der Waals surface area (Å²) in [5, 5.41) is 0. The molecule has 0 bridgehead atoms. The van der Waals surface area contributed by atoms with Crippen molar-refractivity contribution in [3.05, 3.63) is 45.4 Å². The first-order chi connectivity index (χ1) is 10.1. The molecule has 1 aromatic carbocycles. The first kappa shape index (κ1) is 14.5. The van der Waals surface area contributed by atoms with Crippen LogP contribution < -0.4 is 4.74 Å². The summed E-state index contributed by atoms with van der Waals surface area (Å²) in [5.41, 5.74) is 5.84. The van der Waals surface area contributed by atoms with E-state index in [1.165, 1.54) is 21.7 Å². The van der Waals surface area contributed by atoms with Crippen LogP contribution in [0.1, 0.15) is 28.6 Å². The highest BCUT2D eigenvalue weighted by Crippen LogP contribution is 2.29. The van der Waals surface area contributed by atoms with Crippen molar-refractivity contribution in [3.63, 3.8) is 0 Å². The van der Waals surface area contributed by atoms with E-state index in [9.17, 15) is 0 Å². The number of nitrogens with zero attached hydrogens (tertiary/aromatic N) is 2. The smallest absolute Gasteiger partial charge is 0.123 e. The molecule has 4 heteroatoms. The predicted octanol–water partition coefficient (Wildman–Crippen LogP) is 3.45. The zero-order valence-corrected chi connectivity index (χ0v) is 13.7. The molecule has 0 fully saturated rings. The Hall–Kier alpha value is -1.39. The maximum absolute atomic E-state index is 5.76. The quantitative estimate of drug-likeness (QED) is 0.846. The van der Waals surface area contributed by atoms with Crippen molar-refractivity contribution in [1.29, 1.82) is 0 Å². The second-order valence-electron chi connectivity index (χ2n) is 5.92. The Bertz CT molecular complexity index is 623. The Balaban J connectivity index is 1.57. The number of ether oxygens (including phenoxy) is 1. The van der Waals surface area contributed by atoms with Crippen LogP contribution in [0.4, 0.5) is 0 Å². The predicted molar refractivity (Wildman–Crippen MR) is 87.1 cm³/mol. The van der Waals surface area contributed by atoms with Gasteiger partial charge in [-0.3, -0.25) is 0 Å². The van der Waals surface area contributed by atoms with E-state index in [0.717, 1.165) is 31.7 Å². The van der Waals surface area contributed by atoms with Crippen LogP contribution in [-0.4, -0.2) is 29.6 Å². The molecule has 1 aliphatic rings. The second kappa shape index (κ2) is 6.16. The van der Waals surface area contributed by atoms with Crippen LogP contribution in [-0.2, 0) is 19.4 Å². The van der Waals surface area contributed by atoms with Crippen LogP contribution in [0.15, 0.2) is 23.7 Å². The zero-order chi connectivity index (χ0) is 14.8. The SMILES string of the molecule is Cc1ncsc1CCN(C)Cc1ccc2c(c1)C[C@@H](C)O2. The standard InChI is InChI=1S/C17H22N2OS/c1-12-8-15-9-14(4-5-16(15)20-12)10-19(3)7-6-17-13(2)18-11-21-17/h4-5,9,11-12H,6-8,10H2,1-3H3/t12-/m1/s1. The molecule has 0 saturated heterocycles. The fraction of sp³-hybridized carbons (Fsp3) is 0.471. The number of hydrogen-bond acceptors (Lipinski definition) is 4. The lowest BCUT2D eigenvalue weighted by molar-refractivity contribution is 0.254. The highest BCUT2D eigenvalue weighted by molar-refractivity contribution is 7.09. The molecule has 2 aromatic rings. The Labute approximate surface area is 130 Å². The van der Waals surface area contributed by atoms with Crippen LogP contribution in [0.25, 0.3) is 0 Å². The average molecular weight is 302 g/mol. The van der Waals surface area contributed by atoms with Crippen LogP contribution >= 0.6 is 11.3 Å². The number of thiazole rings is 1. The summed E-state index contributed by atoms with van der Waals surface area (Å²) < 4.78 is 5.76. The lowest BCUT2D eigenvalue weighted by atomic mass is 10.1. The molecule has 0 amide bonds. The number of aromatic nitrogens is 1. The van der Waals surface area contributed by atoms with Gasteiger partial charge in [-0.2, -0.15) is 0 Å². The van der Waals surface area contributed by atoms with Gasteiger partial charge in [0.05, 0.1) is 11.2 Å². The molecule has 0 N–H and O–H groups in total. The van der Waals surface area contributed by atoms with Crippen LogP contribution in [0, 0.1) is 6.92 Å². The van der Waals surface area contributed by atoms with Gasteiger partial charge < -0.3 is 9.64 Å². The van der Waals surface area contributed by atoms with Crippen molar-refractivity contribution < 1.29 is 4.74 Å². The minimum atomic E-state index is 0.322. The largest absolute Gasteiger partial charge is 0.490 e. The summed E-state index contributed by atoms with van der Waals surface area (Å²) >= 11 is 1.76. The molecule has 0 saturated carbocycles. The number of hydrogen-bond donors (Lipinski definition) is 0. The van der Waals surface area contributed by atoms with Gasteiger partial charge in [0.1, 0.15) is 11.9 Å². The van der Waals surface area contributed by atoms with E-state index in [4.69, 9.17) is 4.74 Å². The number of rotatable bonds is 5. The monoisotopic (exact) mass is 302 g/mol. The third-order valence-corrected chi connectivity index (χ3v) is 4.97. The van der Waals surface area contributed by atoms with Gasteiger partial charge in [-0.05, 0) is 44.5 Å². The average Bonchev–Trinajstić information content (AvgIpc) is 3.00. The fourth-order valence-electron chi connectivity index (χ4n) is 2.82. The molecule has 1 aliphatic heterocycles. The van der Waals surface area contributed by atoms with Crippen molar-refractivity contribution in [1.82, 2.24) is 9.88 Å². The Morgan fingerprint density at radius 3 is 3.05 bits per heavy atom. The van der Waals surface area contributed by atoms with Crippen molar-refractivity contribution in [2.75, 3.05) is 13.6 Å². The van der Waals surface area contributed by atoms with Gasteiger partial charge in [0.25, 0.3) is 0 Å². The molecular weight excluding hydrogens is 280 g/mol. The Morgan fingerprint density at radius 1 is 1.43 bits per heavy atom. The first-order valence-corrected chi connectivity index (χ1v) is 8.36. The van der Waals surface area contributed by atoms with Crippen LogP contribution in [0.2, 0.25) is 0 Å². The lowest BCUT2D eigenvalue weighted by Crippen LogP contribution is -2.20. The maximum atomic E-state index is 5.76. The van der Waals surface area contributed by atoms with Crippen molar-refractivity contribution >= 4 is 11.3 Å². The molecule has 0 unspecified atom stereocenters. The molecule has 3 rings (SSSR count). The number of benzene rings is 1. The molecule has 0 radical (unpaired) electrons. The summed E-state index contributed by atoms with van der Waals surface area (Å²) in [6.45, 7) is 6.27. The van der Waals surface area contributed by atoms with E-state index >= 15 is 0 Å². The summed E-state index contributed by atoms with van der Waals surface area (Å²) in [5.74, 6) is 1.06. The summed E-state index contributed by atoms with van der Waals surface area (Å²) in [7, 11) is 2.18. The van der Waals surface area contributed by atoms with E-state index < -0.39 is 0 Å². The third-order valence-electron chi connectivity index (χ3n) is 3.98. The van der Waals surface area contributed by atoms with E-state index in [0.29, 0.717) is 6.10 Å². The van der Waals surface area contributed by atoms with E-state index in [2.05, 4.69) is 49.0 Å². The van der Waals surface area contributed by atoms with Gasteiger partial charge in [-0.15, -0.1) is 11.3 Å². The van der Waals surface area contributed by atoms with Crippen molar-refractivity contribution in [2.24, 2.45) is 0 Å². The van der Waals surface area contributed by atoms with Gasteiger partial charge >= 0.3 is 0 Å². The zero-order valence-electron chi connectivity index (χ0n) is 12.9. The van der Waals surface area contributed by atoms with Gasteiger partial charge in [0, 0.05) is 24.4 Å². The summed E-state index contributed by atoms with van der Waals surface area (Å²) in [6.07, 6.45) is 2.44. The number of aryl methyl sites for hydroxylation is 1. The van der Waals surface area contributed by atoms with Gasteiger partial charge in [0.2, 0.25) is 0 Å². The fourth-order valence-corrected chi connectivity index (χ4v) is 3.59. The molecule has 2 heterocycles. The second-order valence-corrected chi connectivity index (χ2v) is 6.86. The molecule has 21 heavy (non-hydrogen) atoms. The molecule has 1 atom stereocenters. The Morgan fingerprint density at radius 2 is 2.29 bits per heavy atom. The van der Waals surface area contributed by atoms with Gasteiger partial charge in [0.15, 0.2) is 0 Å². The molecule has 1 aromatic heterocycles. The topological polar surface area (TPSA) is 25.4 Å². The highest BCUT2D eigenvalue weighted by Gasteiger charge is 2.19. The lowest BCUT2D eigenvalue weighted by Gasteiger charge is -2.16. The van der Waals surface area contributed by atoms with E-state index in [1.54, 1.807) is 11.3 Å². The minimum Gasteiger partial charge on any atom is -0.490 e. The molecule has 0 aliphatic carbocycles. The van der Waals surface area contributed by atoms with Crippen LogP contribution in [0.3, 0.4) is 0 Å². The van der Waals surface area contributed by atoms with E-state index in [1.807, 2.05) is 5.51 Å². The van der Waals surface area contributed by atoms with Crippen molar-refractivity contribution in [2.45, 2.75) is 39.3 Å². The molecule has 0 spiro atoms. The van der Waals surface area contributed by atoms with E-state index in [-0.39, 0.29) is 0 Å². The van der Waals surface area contributed by atoms with Crippen LogP contribution in [0.5, 0.6) is 5.75 Å². The number of likely N-dealkylation sites (N-methyl/N-ethyl adjacent to an activating group) is 1. The Kier molecular flexibility index (Phi) is 4.27. The summed E-state index contributed by atoms with van der Waals surface area (Å²) in [6, 6.07) is 6.61. The molecule has 3 nitrogen and oxygen atoms in total. The normalized spacial score (nSPS) is 17.0. The molecule has 112 valence electrons. The van der Waals surface area contributed by atoms with Gasteiger partial charge in [-0.25, -0.2) is 4.98 Å². The number of fused-ring (bicyclic) bond motifs is 1. The molecular formula is C17H22N2OS. The summed E-state index contributed by atoms with van der Waals surface area (Å²) in [4.78, 5) is 8.09. The third kappa shape index (κ3) is 3.44.